The highest BCUT2D eigenvalue weighted by Crippen LogP contribution is 2.21. The van der Waals surface area contributed by atoms with Crippen LogP contribution in [0.25, 0.3) is 0 Å². The maximum Gasteiger partial charge on any atom is 0.126 e. The van der Waals surface area contributed by atoms with Crippen molar-refractivity contribution in [2.24, 2.45) is 0 Å². The number of ether oxygens (including phenoxy) is 1. The maximum absolute atomic E-state index is 5.29. The molecule has 0 fully saturated rings. The van der Waals surface area contributed by atoms with Crippen LogP contribution < -0.4 is 5.32 Å². The molecule has 0 spiro atoms. The molecular weight excluding hydrogens is 200 g/mol. The van der Waals surface area contributed by atoms with Gasteiger partial charge in [0.25, 0.3) is 0 Å². The van der Waals surface area contributed by atoms with Crippen LogP contribution in [0, 0.1) is 0 Å². The SMILES string of the molecule is CCOCCCNc1ccc2c(n1)CCC2. The van der Waals surface area contributed by atoms with Gasteiger partial charge in [-0.3, -0.25) is 0 Å². The van der Waals surface area contributed by atoms with Crippen molar-refractivity contribution in [1.29, 1.82) is 0 Å². The summed E-state index contributed by atoms with van der Waals surface area (Å²) in [5, 5.41) is 3.34. The van der Waals surface area contributed by atoms with E-state index < -0.39 is 0 Å². The van der Waals surface area contributed by atoms with Gasteiger partial charge >= 0.3 is 0 Å². The predicted octanol–water partition coefficient (Wildman–Crippen LogP) is 2.41. The van der Waals surface area contributed by atoms with Crippen LogP contribution in [0.15, 0.2) is 12.1 Å². The second kappa shape index (κ2) is 5.85. The third kappa shape index (κ3) is 2.95. The van der Waals surface area contributed by atoms with Crippen molar-refractivity contribution >= 4 is 5.82 Å². The fourth-order valence-electron chi connectivity index (χ4n) is 2.05. The van der Waals surface area contributed by atoms with Crippen molar-refractivity contribution in [2.45, 2.75) is 32.6 Å². The van der Waals surface area contributed by atoms with E-state index in [4.69, 9.17) is 4.74 Å². The number of nitrogens with zero attached hydrogens (tertiary/aromatic N) is 1. The number of hydrogen-bond donors (Lipinski definition) is 1. The molecule has 0 amide bonds. The summed E-state index contributed by atoms with van der Waals surface area (Å²) in [6.07, 6.45) is 4.64. The summed E-state index contributed by atoms with van der Waals surface area (Å²) in [7, 11) is 0. The number of rotatable bonds is 6. The predicted molar refractivity (Wildman–Crippen MR) is 65.9 cm³/mol. The Morgan fingerprint density at radius 3 is 3.19 bits per heavy atom. The highest BCUT2D eigenvalue weighted by molar-refractivity contribution is 5.40. The topological polar surface area (TPSA) is 34.1 Å². The average molecular weight is 220 g/mol. The number of aryl methyl sites for hydroxylation is 2. The second-order valence-electron chi connectivity index (χ2n) is 4.13. The second-order valence-corrected chi connectivity index (χ2v) is 4.13. The number of aromatic nitrogens is 1. The van der Waals surface area contributed by atoms with Crippen LogP contribution in [-0.2, 0) is 17.6 Å². The van der Waals surface area contributed by atoms with E-state index in [2.05, 4.69) is 22.4 Å². The Kier molecular flexibility index (Phi) is 4.17. The van der Waals surface area contributed by atoms with Gasteiger partial charge in [-0.25, -0.2) is 4.98 Å². The third-order valence-electron chi connectivity index (χ3n) is 2.90. The zero-order valence-corrected chi connectivity index (χ0v) is 9.96. The lowest BCUT2D eigenvalue weighted by molar-refractivity contribution is 0.147. The van der Waals surface area contributed by atoms with E-state index in [-0.39, 0.29) is 0 Å². The van der Waals surface area contributed by atoms with Crippen LogP contribution in [0.3, 0.4) is 0 Å². The molecule has 0 bridgehead atoms. The molecule has 0 unspecified atom stereocenters. The Bertz CT molecular complexity index is 339. The Balaban J connectivity index is 1.77. The molecule has 1 N–H and O–H groups in total. The molecule has 1 aromatic heterocycles. The van der Waals surface area contributed by atoms with Crippen molar-refractivity contribution in [3.63, 3.8) is 0 Å². The largest absolute Gasteiger partial charge is 0.382 e. The molecule has 1 aromatic rings. The summed E-state index contributed by atoms with van der Waals surface area (Å²) in [6, 6.07) is 4.30. The molecule has 0 saturated carbocycles. The number of pyridine rings is 1. The normalized spacial score (nSPS) is 13.8. The van der Waals surface area contributed by atoms with Crippen molar-refractivity contribution < 1.29 is 4.74 Å². The maximum atomic E-state index is 5.29. The number of fused-ring (bicyclic) bond motifs is 1. The van der Waals surface area contributed by atoms with E-state index in [1.807, 2.05) is 6.92 Å². The van der Waals surface area contributed by atoms with Crippen molar-refractivity contribution in [3.8, 4) is 0 Å². The molecule has 3 nitrogen and oxygen atoms in total. The van der Waals surface area contributed by atoms with E-state index in [0.717, 1.165) is 38.4 Å². The van der Waals surface area contributed by atoms with Gasteiger partial charge in [-0.05, 0) is 44.2 Å². The molecule has 0 atom stereocenters. The summed E-state index contributed by atoms with van der Waals surface area (Å²) in [5.41, 5.74) is 2.72. The minimum atomic E-state index is 0.803. The first kappa shape index (κ1) is 11.4. The number of nitrogens with one attached hydrogen (secondary N) is 1. The highest BCUT2D eigenvalue weighted by atomic mass is 16.5. The lowest BCUT2D eigenvalue weighted by Crippen LogP contribution is -2.07. The van der Waals surface area contributed by atoms with Crippen LogP contribution >= 0.6 is 0 Å². The highest BCUT2D eigenvalue weighted by Gasteiger charge is 2.11. The molecular formula is C13H20N2O. The first-order valence-electron chi connectivity index (χ1n) is 6.20. The standard InChI is InChI=1S/C13H20N2O/c1-2-16-10-4-9-14-13-8-7-11-5-3-6-12(11)15-13/h7-8H,2-6,9-10H2,1H3,(H,14,15). The monoisotopic (exact) mass is 220 g/mol. The zero-order valence-electron chi connectivity index (χ0n) is 9.96. The Hall–Kier alpha value is -1.09. The fraction of sp³-hybridized carbons (Fsp3) is 0.615. The summed E-state index contributed by atoms with van der Waals surface area (Å²) in [6.45, 7) is 4.59. The molecule has 3 heteroatoms. The van der Waals surface area contributed by atoms with Crippen LogP contribution in [0.5, 0.6) is 0 Å². The molecule has 0 aromatic carbocycles. The summed E-state index contributed by atoms with van der Waals surface area (Å²) in [5.74, 6) is 1.01. The Morgan fingerprint density at radius 1 is 1.38 bits per heavy atom. The molecule has 16 heavy (non-hydrogen) atoms. The number of anilines is 1. The van der Waals surface area contributed by atoms with Crippen LogP contribution in [0.2, 0.25) is 0 Å². The quantitative estimate of drug-likeness (QED) is 0.748. The third-order valence-corrected chi connectivity index (χ3v) is 2.90. The van der Waals surface area contributed by atoms with Crippen molar-refractivity contribution in [1.82, 2.24) is 4.98 Å². The van der Waals surface area contributed by atoms with E-state index >= 15 is 0 Å². The van der Waals surface area contributed by atoms with E-state index in [0.29, 0.717) is 0 Å². The molecule has 1 aliphatic rings. The van der Waals surface area contributed by atoms with Gasteiger partial charge in [0.1, 0.15) is 5.82 Å². The summed E-state index contributed by atoms with van der Waals surface area (Å²) >= 11 is 0. The van der Waals surface area contributed by atoms with Crippen LogP contribution in [-0.4, -0.2) is 24.7 Å². The van der Waals surface area contributed by atoms with Gasteiger partial charge in [-0.2, -0.15) is 0 Å². The first-order valence-corrected chi connectivity index (χ1v) is 6.20. The minimum absolute atomic E-state index is 0.803. The van der Waals surface area contributed by atoms with Crippen molar-refractivity contribution in [3.05, 3.63) is 23.4 Å². The first-order chi connectivity index (χ1) is 7.90. The lowest BCUT2D eigenvalue weighted by Gasteiger charge is -2.07. The molecule has 88 valence electrons. The van der Waals surface area contributed by atoms with Crippen molar-refractivity contribution in [2.75, 3.05) is 25.1 Å². The van der Waals surface area contributed by atoms with Gasteiger partial charge in [0.2, 0.25) is 0 Å². The Morgan fingerprint density at radius 2 is 2.31 bits per heavy atom. The van der Waals surface area contributed by atoms with Crippen LogP contribution in [0.4, 0.5) is 5.82 Å². The molecule has 0 saturated heterocycles. The molecule has 2 rings (SSSR count). The van der Waals surface area contributed by atoms with Gasteiger partial charge in [0, 0.05) is 25.5 Å². The summed E-state index contributed by atoms with van der Waals surface area (Å²) < 4.78 is 5.29. The lowest BCUT2D eigenvalue weighted by atomic mass is 10.2. The molecule has 1 heterocycles. The molecule has 1 aliphatic carbocycles. The molecule has 0 aliphatic heterocycles. The van der Waals surface area contributed by atoms with E-state index in [9.17, 15) is 0 Å². The molecule has 0 radical (unpaired) electrons. The van der Waals surface area contributed by atoms with Gasteiger partial charge < -0.3 is 10.1 Å². The van der Waals surface area contributed by atoms with E-state index in [1.165, 1.54) is 24.1 Å². The number of hydrogen-bond acceptors (Lipinski definition) is 3. The summed E-state index contributed by atoms with van der Waals surface area (Å²) in [4.78, 5) is 4.62. The average Bonchev–Trinajstić information content (AvgIpc) is 2.76. The van der Waals surface area contributed by atoms with Gasteiger partial charge in [0.05, 0.1) is 0 Å². The van der Waals surface area contributed by atoms with Gasteiger partial charge in [0.15, 0.2) is 0 Å². The van der Waals surface area contributed by atoms with Crippen LogP contribution in [0.1, 0.15) is 31.0 Å². The zero-order chi connectivity index (χ0) is 11.2. The van der Waals surface area contributed by atoms with Gasteiger partial charge in [-0.1, -0.05) is 6.07 Å². The minimum Gasteiger partial charge on any atom is -0.382 e. The fourth-order valence-corrected chi connectivity index (χ4v) is 2.05. The Labute approximate surface area is 97.2 Å². The van der Waals surface area contributed by atoms with Gasteiger partial charge in [-0.15, -0.1) is 0 Å². The van der Waals surface area contributed by atoms with E-state index in [1.54, 1.807) is 0 Å². The smallest absolute Gasteiger partial charge is 0.126 e.